The zero-order valence-electron chi connectivity index (χ0n) is 8.31. The Balaban J connectivity index is 1.74. The molecule has 2 heterocycles. The van der Waals surface area contributed by atoms with Gasteiger partial charge in [-0.2, -0.15) is 0 Å². The SMILES string of the molecule is CN(CCC1CCNC1)c1nnns1. The fourth-order valence-corrected chi connectivity index (χ4v) is 2.16. The van der Waals surface area contributed by atoms with Gasteiger partial charge in [0, 0.05) is 25.1 Å². The van der Waals surface area contributed by atoms with Crippen molar-refractivity contribution in [3.05, 3.63) is 0 Å². The summed E-state index contributed by atoms with van der Waals surface area (Å²) in [5.41, 5.74) is 0. The Morgan fingerprint density at radius 1 is 1.64 bits per heavy atom. The number of hydrogen-bond donors (Lipinski definition) is 1. The van der Waals surface area contributed by atoms with E-state index in [0.29, 0.717) is 0 Å². The van der Waals surface area contributed by atoms with Gasteiger partial charge in [-0.05, 0) is 37.1 Å². The normalized spacial score (nSPS) is 21.4. The van der Waals surface area contributed by atoms with Crippen LogP contribution in [0.25, 0.3) is 0 Å². The van der Waals surface area contributed by atoms with Crippen LogP contribution in [0.3, 0.4) is 0 Å². The Kier molecular flexibility index (Phi) is 3.26. The number of anilines is 1. The Morgan fingerprint density at radius 3 is 3.21 bits per heavy atom. The van der Waals surface area contributed by atoms with Gasteiger partial charge < -0.3 is 10.2 Å². The number of nitrogens with one attached hydrogen (secondary N) is 1. The monoisotopic (exact) mass is 213 g/mol. The van der Waals surface area contributed by atoms with Gasteiger partial charge in [-0.3, -0.25) is 0 Å². The van der Waals surface area contributed by atoms with E-state index < -0.39 is 0 Å². The van der Waals surface area contributed by atoms with Crippen molar-refractivity contribution in [1.29, 1.82) is 0 Å². The van der Waals surface area contributed by atoms with E-state index in [1.807, 2.05) is 7.05 Å². The summed E-state index contributed by atoms with van der Waals surface area (Å²) in [5, 5.41) is 11.8. The maximum atomic E-state index is 3.93. The van der Waals surface area contributed by atoms with E-state index in [9.17, 15) is 0 Å². The summed E-state index contributed by atoms with van der Waals surface area (Å²) >= 11 is 1.35. The summed E-state index contributed by atoms with van der Waals surface area (Å²) in [6, 6.07) is 0. The van der Waals surface area contributed by atoms with Gasteiger partial charge in [0.05, 0.1) is 0 Å². The molecule has 0 aromatic carbocycles. The van der Waals surface area contributed by atoms with Crippen LogP contribution >= 0.6 is 11.5 Å². The van der Waals surface area contributed by atoms with Gasteiger partial charge in [-0.1, -0.05) is 9.59 Å². The number of nitrogens with zero attached hydrogens (tertiary/aromatic N) is 4. The Morgan fingerprint density at radius 2 is 2.57 bits per heavy atom. The Labute approximate surface area is 87.7 Å². The third kappa shape index (κ3) is 2.39. The van der Waals surface area contributed by atoms with Crippen molar-refractivity contribution in [1.82, 2.24) is 20.1 Å². The molecular weight excluding hydrogens is 198 g/mol. The molecule has 5 nitrogen and oxygen atoms in total. The van der Waals surface area contributed by atoms with Crippen LogP contribution in [0.4, 0.5) is 5.13 Å². The molecule has 0 aliphatic carbocycles. The van der Waals surface area contributed by atoms with Gasteiger partial charge in [0.1, 0.15) is 0 Å². The summed E-state index contributed by atoms with van der Waals surface area (Å²) in [4.78, 5) is 2.13. The lowest BCUT2D eigenvalue weighted by Crippen LogP contribution is -2.21. The molecule has 1 aliphatic heterocycles. The predicted molar refractivity (Wildman–Crippen MR) is 56.6 cm³/mol. The molecule has 1 fully saturated rings. The topological polar surface area (TPSA) is 53.9 Å². The molecule has 1 aromatic heterocycles. The zero-order valence-corrected chi connectivity index (χ0v) is 9.13. The first kappa shape index (κ1) is 9.79. The maximum absolute atomic E-state index is 3.93. The average molecular weight is 213 g/mol. The van der Waals surface area contributed by atoms with E-state index >= 15 is 0 Å². The number of hydrogen-bond acceptors (Lipinski definition) is 6. The van der Waals surface area contributed by atoms with E-state index in [4.69, 9.17) is 0 Å². The highest BCUT2D eigenvalue weighted by Crippen LogP contribution is 2.16. The van der Waals surface area contributed by atoms with Crippen LogP contribution in [0, 0.1) is 5.92 Å². The van der Waals surface area contributed by atoms with Crippen LogP contribution in [0.15, 0.2) is 0 Å². The van der Waals surface area contributed by atoms with Gasteiger partial charge in [0.15, 0.2) is 0 Å². The van der Waals surface area contributed by atoms with Crippen molar-refractivity contribution >= 4 is 16.7 Å². The Bertz CT molecular complexity index is 257. The van der Waals surface area contributed by atoms with E-state index in [1.165, 1.54) is 37.5 Å². The summed E-state index contributed by atoms with van der Waals surface area (Å²) in [5.74, 6) is 0.832. The first-order chi connectivity index (χ1) is 6.86. The minimum absolute atomic E-state index is 0.832. The highest BCUT2D eigenvalue weighted by atomic mass is 32.1. The molecule has 78 valence electrons. The van der Waals surface area contributed by atoms with E-state index in [0.717, 1.165) is 17.6 Å². The Hall–Kier alpha value is -0.750. The van der Waals surface area contributed by atoms with Gasteiger partial charge in [0.25, 0.3) is 0 Å². The van der Waals surface area contributed by atoms with Crippen molar-refractivity contribution in [3.63, 3.8) is 0 Å². The van der Waals surface area contributed by atoms with Crippen LogP contribution in [-0.2, 0) is 0 Å². The lowest BCUT2D eigenvalue weighted by molar-refractivity contribution is 0.533. The van der Waals surface area contributed by atoms with E-state index in [2.05, 4.69) is 25.0 Å². The van der Waals surface area contributed by atoms with Gasteiger partial charge in [0.2, 0.25) is 5.13 Å². The molecule has 1 saturated heterocycles. The van der Waals surface area contributed by atoms with Crippen LogP contribution in [0.2, 0.25) is 0 Å². The molecule has 14 heavy (non-hydrogen) atoms. The van der Waals surface area contributed by atoms with Crippen LogP contribution in [-0.4, -0.2) is 41.5 Å². The first-order valence-electron chi connectivity index (χ1n) is 4.93. The summed E-state index contributed by atoms with van der Waals surface area (Å²) in [6.07, 6.45) is 2.53. The molecule has 2 rings (SSSR count). The highest BCUT2D eigenvalue weighted by Gasteiger charge is 2.15. The summed E-state index contributed by atoms with van der Waals surface area (Å²) < 4.78 is 3.75. The smallest absolute Gasteiger partial charge is 0.227 e. The van der Waals surface area contributed by atoms with Crippen molar-refractivity contribution < 1.29 is 0 Å². The fourth-order valence-electron chi connectivity index (χ4n) is 1.71. The third-order valence-corrected chi connectivity index (χ3v) is 3.36. The van der Waals surface area contributed by atoms with Crippen LogP contribution in [0.1, 0.15) is 12.8 Å². The van der Waals surface area contributed by atoms with Crippen molar-refractivity contribution in [3.8, 4) is 0 Å². The predicted octanol–water partition coefficient (Wildman–Crippen LogP) is 0.369. The number of rotatable bonds is 4. The average Bonchev–Trinajstić information content (AvgIpc) is 2.87. The second-order valence-electron chi connectivity index (χ2n) is 3.71. The standard InChI is InChI=1S/C8H15N5S/c1-13(8-10-11-12-14-8)5-3-7-2-4-9-6-7/h7,9H,2-6H2,1H3. The minimum Gasteiger partial charge on any atom is -0.348 e. The molecule has 1 atom stereocenters. The summed E-state index contributed by atoms with van der Waals surface area (Å²) in [7, 11) is 2.05. The van der Waals surface area contributed by atoms with Crippen LogP contribution < -0.4 is 10.2 Å². The second-order valence-corrected chi connectivity index (χ2v) is 4.43. The van der Waals surface area contributed by atoms with E-state index in [-0.39, 0.29) is 0 Å². The van der Waals surface area contributed by atoms with Crippen LogP contribution in [0.5, 0.6) is 0 Å². The van der Waals surface area contributed by atoms with Crippen molar-refractivity contribution in [2.24, 2.45) is 5.92 Å². The molecule has 0 spiro atoms. The van der Waals surface area contributed by atoms with Crippen molar-refractivity contribution in [2.45, 2.75) is 12.8 Å². The van der Waals surface area contributed by atoms with Crippen molar-refractivity contribution in [2.75, 3.05) is 31.6 Å². The first-order valence-corrected chi connectivity index (χ1v) is 5.70. The molecule has 0 saturated carbocycles. The fraction of sp³-hybridized carbons (Fsp3) is 0.875. The van der Waals surface area contributed by atoms with Gasteiger partial charge in [-0.15, -0.1) is 0 Å². The van der Waals surface area contributed by atoms with Gasteiger partial charge >= 0.3 is 0 Å². The zero-order chi connectivity index (χ0) is 9.80. The molecular formula is C8H15N5S. The molecule has 1 N–H and O–H groups in total. The van der Waals surface area contributed by atoms with Gasteiger partial charge in [-0.25, -0.2) is 0 Å². The molecule has 6 heteroatoms. The molecule has 0 bridgehead atoms. The summed E-state index contributed by atoms with van der Waals surface area (Å²) in [6.45, 7) is 3.39. The third-order valence-electron chi connectivity index (χ3n) is 2.65. The number of aromatic nitrogens is 3. The molecule has 1 aliphatic rings. The largest absolute Gasteiger partial charge is 0.348 e. The molecule has 0 radical (unpaired) electrons. The second kappa shape index (κ2) is 4.65. The molecule has 1 aromatic rings. The highest BCUT2D eigenvalue weighted by molar-refractivity contribution is 7.09. The quantitative estimate of drug-likeness (QED) is 0.783. The molecule has 1 unspecified atom stereocenters. The van der Waals surface area contributed by atoms with E-state index in [1.54, 1.807) is 0 Å². The lowest BCUT2D eigenvalue weighted by atomic mass is 10.1. The maximum Gasteiger partial charge on any atom is 0.227 e. The minimum atomic E-state index is 0.832. The lowest BCUT2D eigenvalue weighted by Gasteiger charge is -2.16. The molecule has 0 amide bonds.